The number of pyridine rings is 1. The number of imidazole rings is 1. The highest BCUT2D eigenvalue weighted by atomic mass is 35.5. The molecule has 0 spiro atoms. The van der Waals surface area contributed by atoms with Crippen molar-refractivity contribution in [1.29, 1.82) is 0 Å². The second-order valence-electron chi connectivity index (χ2n) is 6.56. The van der Waals surface area contributed by atoms with Gasteiger partial charge in [-0.25, -0.2) is 9.97 Å². The molecule has 0 aromatic carbocycles. The van der Waals surface area contributed by atoms with Gasteiger partial charge in [-0.3, -0.25) is 14.2 Å². The van der Waals surface area contributed by atoms with Gasteiger partial charge in [-0.2, -0.15) is 0 Å². The van der Waals surface area contributed by atoms with Gasteiger partial charge in [0.1, 0.15) is 6.33 Å². The standard InChI is InChI=1S/C18H18ClN5O/c1-10-5-15(13-6-14(19)8-20-7-13)23-17-16(21-9-24(10)17)18(25)22-11(2)12-3-4-12/h5-9,11-12H,3-4H2,1-2H3,(H,22,25)/t11-/m0/s1. The van der Waals surface area contributed by atoms with E-state index < -0.39 is 0 Å². The topological polar surface area (TPSA) is 72.2 Å². The smallest absolute Gasteiger partial charge is 0.274 e. The van der Waals surface area contributed by atoms with Crippen LogP contribution in [0, 0.1) is 12.8 Å². The Morgan fingerprint density at radius 3 is 2.88 bits per heavy atom. The van der Waals surface area contributed by atoms with Crippen LogP contribution in [0.2, 0.25) is 5.02 Å². The summed E-state index contributed by atoms with van der Waals surface area (Å²) in [6.45, 7) is 3.99. The first-order chi connectivity index (χ1) is 12.0. The molecule has 0 radical (unpaired) electrons. The Balaban J connectivity index is 1.74. The van der Waals surface area contributed by atoms with E-state index >= 15 is 0 Å². The average molecular weight is 356 g/mol. The van der Waals surface area contributed by atoms with Crippen LogP contribution in [0.25, 0.3) is 16.9 Å². The summed E-state index contributed by atoms with van der Waals surface area (Å²) in [5.74, 6) is 0.399. The predicted octanol–water partition coefficient (Wildman–Crippen LogP) is 3.28. The second-order valence-corrected chi connectivity index (χ2v) is 7.00. The number of hydrogen-bond donors (Lipinski definition) is 1. The lowest BCUT2D eigenvalue weighted by atomic mass is 10.2. The van der Waals surface area contributed by atoms with Gasteiger partial charge in [0.05, 0.1) is 10.7 Å². The Labute approximate surface area is 150 Å². The summed E-state index contributed by atoms with van der Waals surface area (Å²) < 4.78 is 1.82. The summed E-state index contributed by atoms with van der Waals surface area (Å²) in [5, 5.41) is 3.58. The molecule has 0 saturated heterocycles. The third-order valence-electron chi connectivity index (χ3n) is 4.60. The number of carbonyl (C=O) groups is 1. The van der Waals surface area contributed by atoms with Crippen LogP contribution in [0.1, 0.15) is 35.9 Å². The number of nitrogens with zero attached hydrogens (tertiary/aromatic N) is 4. The maximum atomic E-state index is 12.6. The highest BCUT2D eigenvalue weighted by molar-refractivity contribution is 6.30. The first-order valence-corrected chi connectivity index (χ1v) is 8.67. The highest BCUT2D eigenvalue weighted by Crippen LogP contribution is 2.32. The summed E-state index contributed by atoms with van der Waals surface area (Å²) in [4.78, 5) is 25.6. The molecule has 4 rings (SSSR count). The van der Waals surface area contributed by atoms with Crippen LogP contribution in [0.4, 0.5) is 0 Å². The number of carbonyl (C=O) groups excluding carboxylic acids is 1. The fraction of sp³-hybridized carbons (Fsp3) is 0.333. The van der Waals surface area contributed by atoms with Crippen LogP contribution < -0.4 is 5.32 Å². The molecule has 1 amide bonds. The lowest BCUT2D eigenvalue weighted by Gasteiger charge is -2.11. The molecule has 1 atom stereocenters. The first kappa shape index (κ1) is 16.0. The SMILES string of the molecule is Cc1cc(-c2cncc(Cl)c2)nc2c(C(=O)N[C@@H](C)C3CC3)ncn12. The number of halogens is 1. The average Bonchev–Trinajstić information content (AvgIpc) is 3.34. The number of aryl methyl sites for hydroxylation is 1. The first-order valence-electron chi connectivity index (χ1n) is 8.29. The van der Waals surface area contributed by atoms with Gasteiger partial charge in [-0.15, -0.1) is 0 Å². The van der Waals surface area contributed by atoms with E-state index in [1.807, 2.05) is 24.3 Å². The van der Waals surface area contributed by atoms with Gasteiger partial charge in [0, 0.05) is 29.7 Å². The van der Waals surface area contributed by atoms with Crippen molar-refractivity contribution in [2.45, 2.75) is 32.7 Å². The van der Waals surface area contributed by atoms with E-state index in [9.17, 15) is 4.79 Å². The molecular formula is C18H18ClN5O. The van der Waals surface area contributed by atoms with Crippen LogP contribution in [0.5, 0.6) is 0 Å². The molecule has 0 bridgehead atoms. The van der Waals surface area contributed by atoms with Gasteiger partial charge in [0.25, 0.3) is 5.91 Å². The van der Waals surface area contributed by atoms with E-state index in [2.05, 4.69) is 20.3 Å². The summed E-state index contributed by atoms with van der Waals surface area (Å²) >= 11 is 6.03. The van der Waals surface area contributed by atoms with Crippen molar-refractivity contribution >= 4 is 23.2 Å². The van der Waals surface area contributed by atoms with Crippen molar-refractivity contribution in [2.75, 3.05) is 0 Å². The Morgan fingerprint density at radius 1 is 1.36 bits per heavy atom. The van der Waals surface area contributed by atoms with Crippen LogP contribution in [-0.2, 0) is 0 Å². The quantitative estimate of drug-likeness (QED) is 0.779. The lowest BCUT2D eigenvalue weighted by Crippen LogP contribution is -2.34. The third-order valence-corrected chi connectivity index (χ3v) is 4.80. The zero-order valence-electron chi connectivity index (χ0n) is 14.0. The van der Waals surface area contributed by atoms with Gasteiger partial charge >= 0.3 is 0 Å². The minimum atomic E-state index is -0.185. The molecule has 7 heteroatoms. The number of aromatic nitrogens is 4. The van der Waals surface area contributed by atoms with Crippen LogP contribution in [-0.4, -0.2) is 31.3 Å². The van der Waals surface area contributed by atoms with Crippen molar-refractivity contribution in [1.82, 2.24) is 24.7 Å². The third kappa shape index (κ3) is 3.09. The summed E-state index contributed by atoms with van der Waals surface area (Å²) in [5.41, 5.74) is 3.33. The maximum Gasteiger partial charge on any atom is 0.274 e. The van der Waals surface area contributed by atoms with Gasteiger partial charge in [0.15, 0.2) is 11.3 Å². The molecular weight excluding hydrogens is 338 g/mol. The molecule has 25 heavy (non-hydrogen) atoms. The largest absolute Gasteiger partial charge is 0.348 e. The summed E-state index contributed by atoms with van der Waals surface area (Å²) in [7, 11) is 0. The van der Waals surface area contributed by atoms with Crippen molar-refractivity contribution in [3.63, 3.8) is 0 Å². The fourth-order valence-electron chi connectivity index (χ4n) is 2.97. The molecule has 0 aliphatic heterocycles. The number of amides is 1. The molecule has 3 aromatic rings. The Bertz CT molecular complexity index is 963. The van der Waals surface area contributed by atoms with Crippen molar-refractivity contribution in [3.05, 3.63) is 47.3 Å². The zero-order chi connectivity index (χ0) is 17.6. The summed E-state index contributed by atoms with van der Waals surface area (Å²) in [6.07, 6.45) is 7.26. The maximum absolute atomic E-state index is 12.6. The predicted molar refractivity (Wildman–Crippen MR) is 95.6 cm³/mol. The van der Waals surface area contributed by atoms with E-state index in [-0.39, 0.29) is 11.9 Å². The second kappa shape index (κ2) is 6.11. The molecule has 1 saturated carbocycles. The number of fused-ring (bicyclic) bond motifs is 1. The molecule has 6 nitrogen and oxygen atoms in total. The molecule has 1 N–H and O–H groups in total. The van der Waals surface area contributed by atoms with Crippen molar-refractivity contribution in [2.24, 2.45) is 5.92 Å². The van der Waals surface area contributed by atoms with E-state index in [0.717, 1.165) is 11.3 Å². The molecule has 128 valence electrons. The van der Waals surface area contributed by atoms with Gasteiger partial charge in [-0.1, -0.05) is 11.6 Å². The lowest BCUT2D eigenvalue weighted by molar-refractivity contribution is 0.0933. The highest BCUT2D eigenvalue weighted by Gasteiger charge is 2.30. The van der Waals surface area contributed by atoms with Gasteiger partial charge in [-0.05, 0) is 44.7 Å². The Morgan fingerprint density at radius 2 is 2.16 bits per heavy atom. The van der Waals surface area contributed by atoms with Gasteiger partial charge < -0.3 is 5.32 Å². The van der Waals surface area contributed by atoms with Crippen molar-refractivity contribution < 1.29 is 4.79 Å². The van der Waals surface area contributed by atoms with Gasteiger partial charge in [0.2, 0.25) is 0 Å². The van der Waals surface area contributed by atoms with E-state index in [4.69, 9.17) is 11.6 Å². The van der Waals surface area contributed by atoms with E-state index in [1.54, 1.807) is 24.8 Å². The van der Waals surface area contributed by atoms with E-state index in [0.29, 0.717) is 28.0 Å². The fourth-order valence-corrected chi connectivity index (χ4v) is 3.14. The minimum Gasteiger partial charge on any atom is -0.348 e. The van der Waals surface area contributed by atoms with Crippen molar-refractivity contribution in [3.8, 4) is 11.3 Å². The molecule has 1 aliphatic carbocycles. The molecule has 1 aliphatic rings. The Hall–Kier alpha value is -2.47. The van der Waals surface area contributed by atoms with Crippen LogP contribution >= 0.6 is 11.6 Å². The normalized spacial score (nSPS) is 15.3. The number of hydrogen-bond acceptors (Lipinski definition) is 4. The van der Waals surface area contributed by atoms with Crippen LogP contribution in [0.3, 0.4) is 0 Å². The molecule has 3 heterocycles. The molecule has 0 unspecified atom stereocenters. The number of rotatable bonds is 4. The molecule has 1 fully saturated rings. The van der Waals surface area contributed by atoms with E-state index in [1.165, 1.54) is 12.8 Å². The minimum absolute atomic E-state index is 0.158. The summed E-state index contributed by atoms with van der Waals surface area (Å²) in [6, 6.07) is 3.89. The Kier molecular flexibility index (Phi) is 3.92. The zero-order valence-corrected chi connectivity index (χ0v) is 14.8. The molecule has 3 aromatic heterocycles. The monoisotopic (exact) mass is 355 g/mol. The number of nitrogens with one attached hydrogen (secondary N) is 1. The van der Waals surface area contributed by atoms with Crippen LogP contribution in [0.15, 0.2) is 30.9 Å².